The van der Waals surface area contributed by atoms with Gasteiger partial charge < -0.3 is 9.50 Å². The van der Waals surface area contributed by atoms with E-state index in [4.69, 9.17) is 0 Å². The number of benzene rings is 1. The van der Waals surface area contributed by atoms with E-state index in [1.165, 1.54) is 6.07 Å². The fourth-order valence-corrected chi connectivity index (χ4v) is 3.21. The molecule has 2 aliphatic heterocycles. The van der Waals surface area contributed by atoms with Crippen molar-refractivity contribution >= 4 is 21.7 Å². The second-order valence-electron chi connectivity index (χ2n) is 3.86. The molecule has 1 aromatic carbocycles. The van der Waals surface area contributed by atoms with Crippen molar-refractivity contribution in [1.82, 2.24) is 5.32 Å². The fraction of sp³-hybridized carbons (Fsp3) is 0.182. The first kappa shape index (κ1) is 10.5. The molecule has 2 bridgehead atoms. The van der Waals surface area contributed by atoms with E-state index in [-0.39, 0.29) is 4.90 Å². The van der Waals surface area contributed by atoms with Gasteiger partial charge in [-0.3, -0.25) is 0 Å². The van der Waals surface area contributed by atoms with E-state index in [9.17, 15) is 13.2 Å². The molecule has 6 heteroatoms. The Hall–Kier alpha value is -1.66. The standard InChI is InChI=1S/C11H9NO4S/c13-11-8-2-1-3-9(17(14,15)16-11)10(8)7-4-5-12-6-7/h1-4,12H,5-6H2. The van der Waals surface area contributed by atoms with E-state index in [0.29, 0.717) is 24.2 Å². The maximum atomic E-state index is 11.7. The second kappa shape index (κ2) is 3.41. The first-order valence-corrected chi connectivity index (χ1v) is 6.52. The van der Waals surface area contributed by atoms with Crippen LogP contribution in [0.5, 0.6) is 0 Å². The Morgan fingerprint density at radius 1 is 1.29 bits per heavy atom. The van der Waals surface area contributed by atoms with Crippen LogP contribution in [0.1, 0.15) is 15.9 Å². The number of nitrogens with one attached hydrogen (secondary N) is 1. The van der Waals surface area contributed by atoms with Crippen molar-refractivity contribution in [2.45, 2.75) is 4.90 Å². The summed E-state index contributed by atoms with van der Waals surface area (Å²) in [5.74, 6) is -0.805. The van der Waals surface area contributed by atoms with E-state index < -0.39 is 16.1 Å². The van der Waals surface area contributed by atoms with E-state index in [0.717, 1.165) is 5.57 Å². The van der Waals surface area contributed by atoms with Crippen molar-refractivity contribution in [3.05, 3.63) is 35.4 Å². The molecule has 0 atom stereocenters. The number of hydrogen-bond acceptors (Lipinski definition) is 5. The van der Waals surface area contributed by atoms with Gasteiger partial charge in [-0.15, -0.1) is 0 Å². The highest BCUT2D eigenvalue weighted by atomic mass is 32.2. The van der Waals surface area contributed by atoms with Gasteiger partial charge in [0.05, 0.1) is 5.56 Å². The van der Waals surface area contributed by atoms with Crippen molar-refractivity contribution in [2.24, 2.45) is 0 Å². The van der Waals surface area contributed by atoms with Crippen molar-refractivity contribution in [3.63, 3.8) is 0 Å². The summed E-state index contributed by atoms with van der Waals surface area (Å²) in [5, 5.41) is 3.08. The molecule has 0 radical (unpaired) electrons. The molecule has 88 valence electrons. The number of hydrogen-bond donors (Lipinski definition) is 1. The van der Waals surface area contributed by atoms with Gasteiger partial charge in [-0.25, -0.2) is 4.79 Å². The summed E-state index contributed by atoms with van der Waals surface area (Å²) in [7, 11) is -3.96. The Labute approximate surface area is 98.2 Å². The van der Waals surface area contributed by atoms with Crippen LogP contribution in [-0.4, -0.2) is 27.5 Å². The molecule has 0 aliphatic carbocycles. The molecule has 0 saturated heterocycles. The molecule has 1 aromatic rings. The van der Waals surface area contributed by atoms with Gasteiger partial charge in [-0.1, -0.05) is 12.1 Å². The van der Waals surface area contributed by atoms with Crippen molar-refractivity contribution < 1.29 is 17.4 Å². The summed E-state index contributed by atoms with van der Waals surface area (Å²) >= 11 is 0. The molecule has 17 heavy (non-hydrogen) atoms. The maximum Gasteiger partial charge on any atom is 0.354 e. The van der Waals surface area contributed by atoms with Crippen LogP contribution in [0, 0.1) is 0 Å². The molecule has 0 spiro atoms. The highest BCUT2D eigenvalue weighted by Crippen LogP contribution is 2.34. The van der Waals surface area contributed by atoms with E-state index in [1.54, 1.807) is 12.1 Å². The number of fused-ring (bicyclic) bond motifs is 2. The molecule has 0 saturated carbocycles. The zero-order valence-electron chi connectivity index (χ0n) is 8.76. The normalized spacial score (nSPS) is 20.9. The average molecular weight is 251 g/mol. The molecule has 2 heterocycles. The molecule has 2 aliphatic rings. The largest absolute Gasteiger partial charge is 0.354 e. The molecule has 3 rings (SSSR count). The molecule has 0 amide bonds. The first-order valence-electron chi connectivity index (χ1n) is 5.11. The predicted octanol–water partition coefficient (Wildman–Crippen LogP) is 0.532. The molecular weight excluding hydrogens is 242 g/mol. The second-order valence-corrected chi connectivity index (χ2v) is 5.38. The van der Waals surface area contributed by atoms with Gasteiger partial charge in [0.1, 0.15) is 4.90 Å². The summed E-state index contributed by atoms with van der Waals surface area (Å²) in [6.45, 7) is 1.24. The summed E-state index contributed by atoms with van der Waals surface area (Å²) in [4.78, 5) is 11.7. The number of carbonyl (C=O) groups is 1. The molecule has 1 N–H and O–H groups in total. The van der Waals surface area contributed by atoms with Crippen LogP contribution in [-0.2, 0) is 14.3 Å². The minimum absolute atomic E-state index is 0.0737. The predicted molar refractivity (Wildman–Crippen MR) is 59.9 cm³/mol. The zero-order valence-corrected chi connectivity index (χ0v) is 9.58. The summed E-state index contributed by atoms with van der Waals surface area (Å²) in [6.07, 6.45) is 1.89. The minimum atomic E-state index is -3.96. The lowest BCUT2D eigenvalue weighted by Crippen LogP contribution is -2.23. The number of rotatable bonds is 1. The summed E-state index contributed by atoms with van der Waals surface area (Å²) in [5.41, 5.74) is 1.62. The first-order chi connectivity index (χ1) is 8.09. The smallest absolute Gasteiger partial charge is 0.338 e. The van der Waals surface area contributed by atoms with E-state index in [2.05, 4.69) is 9.50 Å². The lowest BCUT2D eigenvalue weighted by atomic mass is 10.00. The third-order valence-electron chi connectivity index (χ3n) is 2.83. The fourth-order valence-electron chi connectivity index (χ4n) is 2.10. The highest BCUT2D eigenvalue weighted by molar-refractivity contribution is 7.87. The third-order valence-corrected chi connectivity index (χ3v) is 4.08. The van der Waals surface area contributed by atoms with Gasteiger partial charge in [-0.05, 0) is 17.7 Å². The van der Waals surface area contributed by atoms with Crippen LogP contribution in [0.2, 0.25) is 0 Å². The lowest BCUT2D eigenvalue weighted by Gasteiger charge is -2.19. The van der Waals surface area contributed by atoms with E-state index >= 15 is 0 Å². The van der Waals surface area contributed by atoms with Crippen LogP contribution in [0.4, 0.5) is 0 Å². The van der Waals surface area contributed by atoms with Crippen LogP contribution >= 0.6 is 0 Å². The van der Waals surface area contributed by atoms with Gasteiger partial charge in [-0.2, -0.15) is 8.42 Å². The molecule has 5 nitrogen and oxygen atoms in total. The topological polar surface area (TPSA) is 72.5 Å². The third kappa shape index (κ3) is 1.49. The summed E-state index contributed by atoms with van der Waals surface area (Å²) in [6, 6.07) is 4.59. The van der Waals surface area contributed by atoms with Gasteiger partial charge in [0.25, 0.3) is 0 Å². The molecule has 0 fully saturated rings. The Morgan fingerprint density at radius 3 is 2.82 bits per heavy atom. The van der Waals surface area contributed by atoms with Crippen LogP contribution < -0.4 is 5.32 Å². The van der Waals surface area contributed by atoms with E-state index in [1.807, 2.05) is 6.08 Å². The Kier molecular flexibility index (Phi) is 2.11. The molecule has 0 unspecified atom stereocenters. The van der Waals surface area contributed by atoms with Crippen molar-refractivity contribution in [3.8, 4) is 0 Å². The Bertz CT molecular complexity index is 645. The van der Waals surface area contributed by atoms with Gasteiger partial charge in [0.2, 0.25) is 0 Å². The van der Waals surface area contributed by atoms with Gasteiger partial charge in [0, 0.05) is 18.7 Å². The van der Waals surface area contributed by atoms with Crippen LogP contribution in [0.15, 0.2) is 29.2 Å². The number of carbonyl (C=O) groups excluding carboxylic acids is 1. The monoisotopic (exact) mass is 251 g/mol. The Morgan fingerprint density at radius 2 is 2.12 bits per heavy atom. The van der Waals surface area contributed by atoms with Gasteiger partial charge in [0.15, 0.2) is 0 Å². The lowest BCUT2D eigenvalue weighted by molar-refractivity contribution is 0.0740. The maximum absolute atomic E-state index is 11.7. The van der Waals surface area contributed by atoms with Crippen LogP contribution in [0.3, 0.4) is 0 Å². The zero-order chi connectivity index (χ0) is 12.0. The Balaban J connectivity index is 2.34. The molecular formula is C11H9NO4S. The van der Waals surface area contributed by atoms with Gasteiger partial charge >= 0.3 is 16.1 Å². The SMILES string of the molecule is O=C1OS(=O)(=O)c2cccc1c2C1=CCNC1. The summed E-state index contributed by atoms with van der Waals surface area (Å²) < 4.78 is 27.9. The molecule has 0 aromatic heterocycles. The van der Waals surface area contributed by atoms with Crippen molar-refractivity contribution in [2.75, 3.05) is 13.1 Å². The average Bonchev–Trinajstić information content (AvgIpc) is 2.79. The minimum Gasteiger partial charge on any atom is -0.338 e. The quantitative estimate of drug-likeness (QED) is 0.737. The highest BCUT2D eigenvalue weighted by Gasteiger charge is 2.35. The van der Waals surface area contributed by atoms with Crippen LogP contribution in [0.25, 0.3) is 5.57 Å². The van der Waals surface area contributed by atoms with Crippen molar-refractivity contribution in [1.29, 1.82) is 0 Å².